The van der Waals surface area contributed by atoms with E-state index in [9.17, 15) is 13.6 Å². The first-order valence-electron chi connectivity index (χ1n) is 7.14. The van der Waals surface area contributed by atoms with Gasteiger partial charge >= 0.3 is 0 Å². The van der Waals surface area contributed by atoms with Crippen molar-refractivity contribution in [2.45, 2.75) is 0 Å². The van der Waals surface area contributed by atoms with E-state index >= 15 is 0 Å². The van der Waals surface area contributed by atoms with Crippen LogP contribution in [0.4, 0.5) is 26.0 Å². The molecular weight excluding hydrogens is 350 g/mol. The Morgan fingerprint density at radius 3 is 2.52 bits per heavy atom. The van der Waals surface area contributed by atoms with Crippen LogP contribution in [0, 0.1) is 11.6 Å². The topological polar surface area (TPSA) is 66.9 Å². The van der Waals surface area contributed by atoms with Gasteiger partial charge in [-0.15, -0.1) is 10.2 Å². The van der Waals surface area contributed by atoms with E-state index in [4.69, 9.17) is 11.6 Å². The van der Waals surface area contributed by atoms with E-state index in [2.05, 4.69) is 20.8 Å². The van der Waals surface area contributed by atoms with Gasteiger partial charge in [0, 0.05) is 16.8 Å². The van der Waals surface area contributed by atoms with E-state index in [-0.39, 0.29) is 11.4 Å². The molecule has 2 N–H and O–H groups in total. The third-order valence-electron chi connectivity index (χ3n) is 3.17. The van der Waals surface area contributed by atoms with Crippen LogP contribution in [0.25, 0.3) is 0 Å². The molecule has 5 nitrogen and oxygen atoms in total. The van der Waals surface area contributed by atoms with Gasteiger partial charge in [0.2, 0.25) is 0 Å². The highest BCUT2D eigenvalue weighted by molar-refractivity contribution is 6.30. The highest BCUT2D eigenvalue weighted by Crippen LogP contribution is 2.19. The zero-order chi connectivity index (χ0) is 17.8. The maximum absolute atomic E-state index is 13.6. The minimum absolute atomic E-state index is 0.0135. The first-order valence-corrected chi connectivity index (χ1v) is 7.52. The van der Waals surface area contributed by atoms with Crippen LogP contribution < -0.4 is 10.6 Å². The van der Waals surface area contributed by atoms with Gasteiger partial charge in [-0.3, -0.25) is 4.79 Å². The van der Waals surface area contributed by atoms with Gasteiger partial charge in [-0.05, 0) is 42.5 Å². The summed E-state index contributed by atoms with van der Waals surface area (Å²) in [4.78, 5) is 12.1. The number of amides is 1. The van der Waals surface area contributed by atoms with Crippen LogP contribution in [-0.4, -0.2) is 16.1 Å². The third-order valence-corrected chi connectivity index (χ3v) is 3.41. The summed E-state index contributed by atoms with van der Waals surface area (Å²) in [5.74, 6) is -1.86. The minimum atomic E-state index is -0.874. The molecule has 1 amide bonds. The molecular formula is C17H11ClF2N4O. The van der Waals surface area contributed by atoms with Crippen LogP contribution >= 0.6 is 11.6 Å². The Hall–Kier alpha value is -3.06. The van der Waals surface area contributed by atoms with Gasteiger partial charge in [0.25, 0.3) is 5.91 Å². The van der Waals surface area contributed by atoms with E-state index in [0.717, 1.165) is 12.1 Å². The number of hydrogen-bond acceptors (Lipinski definition) is 4. The Kier molecular flexibility index (Phi) is 4.85. The second-order valence-corrected chi connectivity index (χ2v) is 5.45. The molecule has 3 rings (SSSR count). The molecule has 1 heterocycles. The van der Waals surface area contributed by atoms with Crippen molar-refractivity contribution in [2.24, 2.45) is 0 Å². The Labute approximate surface area is 146 Å². The van der Waals surface area contributed by atoms with Gasteiger partial charge in [0.1, 0.15) is 11.6 Å². The van der Waals surface area contributed by atoms with Crippen molar-refractivity contribution < 1.29 is 13.6 Å². The smallest absolute Gasteiger partial charge is 0.276 e. The maximum Gasteiger partial charge on any atom is 0.276 e. The average molecular weight is 361 g/mol. The predicted molar refractivity (Wildman–Crippen MR) is 91.1 cm³/mol. The van der Waals surface area contributed by atoms with E-state index in [0.29, 0.717) is 22.6 Å². The number of aromatic nitrogens is 2. The number of anilines is 3. The Morgan fingerprint density at radius 2 is 1.84 bits per heavy atom. The molecule has 0 fully saturated rings. The van der Waals surface area contributed by atoms with Gasteiger partial charge in [-0.2, -0.15) is 0 Å². The number of benzene rings is 2. The number of carbonyl (C=O) groups is 1. The van der Waals surface area contributed by atoms with Gasteiger partial charge in [0.15, 0.2) is 11.5 Å². The molecule has 0 bridgehead atoms. The molecule has 3 aromatic rings. The van der Waals surface area contributed by atoms with Crippen LogP contribution in [-0.2, 0) is 0 Å². The highest BCUT2D eigenvalue weighted by Gasteiger charge is 2.12. The van der Waals surface area contributed by atoms with Crippen molar-refractivity contribution in [3.8, 4) is 0 Å². The first-order chi connectivity index (χ1) is 12.0. The van der Waals surface area contributed by atoms with Crippen LogP contribution in [0.1, 0.15) is 10.5 Å². The standard InChI is InChI=1S/C17H11ClF2N4O/c18-10-2-1-3-12(8-10)21-16-7-6-15(23-24-16)17(25)22-14-5-4-11(19)9-13(14)20/h1-9H,(H,21,24)(H,22,25). The Bertz CT molecular complexity index is 919. The summed E-state index contributed by atoms with van der Waals surface area (Å²) in [5, 5.41) is 13.5. The maximum atomic E-state index is 13.6. The first kappa shape index (κ1) is 16.8. The molecule has 0 saturated heterocycles. The van der Waals surface area contributed by atoms with Crippen LogP contribution in [0.5, 0.6) is 0 Å². The number of hydrogen-bond donors (Lipinski definition) is 2. The molecule has 0 aliphatic carbocycles. The molecule has 2 aromatic carbocycles. The largest absolute Gasteiger partial charge is 0.339 e. The molecule has 1 aromatic heterocycles. The SMILES string of the molecule is O=C(Nc1ccc(F)cc1F)c1ccc(Nc2cccc(Cl)c2)nn1. The van der Waals surface area contributed by atoms with Gasteiger partial charge in [-0.25, -0.2) is 8.78 Å². The number of nitrogens with one attached hydrogen (secondary N) is 2. The third kappa shape index (κ3) is 4.27. The van der Waals surface area contributed by atoms with Crippen LogP contribution in [0.2, 0.25) is 5.02 Å². The lowest BCUT2D eigenvalue weighted by Gasteiger charge is -2.07. The van der Waals surface area contributed by atoms with E-state index in [1.54, 1.807) is 30.3 Å². The van der Waals surface area contributed by atoms with E-state index < -0.39 is 17.5 Å². The van der Waals surface area contributed by atoms with Gasteiger partial charge in [0.05, 0.1) is 5.69 Å². The molecule has 126 valence electrons. The van der Waals surface area contributed by atoms with Crippen molar-refractivity contribution in [3.63, 3.8) is 0 Å². The summed E-state index contributed by atoms with van der Waals surface area (Å²) < 4.78 is 26.4. The normalized spacial score (nSPS) is 10.4. The summed E-state index contributed by atoms with van der Waals surface area (Å²) in [6, 6.07) is 12.8. The molecule has 0 saturated carbocycles. The van der Waals surface area contributed by atoms with Crippen molar-refractivity contribution in [1.29, 1.82) is 0 Å². The summed E-state index contributed by atoms with van der Waals surface area (Å²) in [5.41, 5.74) is 0.557. The highest BCUT2D eigenvalue weighted by atomic mass is 35.5. The van der Waals surface area contributed by atoms with E-state index in [1.165, 1.54) is 6.07 Å². The number of rotatable bonds is 4. The fourth-order valence-electron chi connectivity index (χ4n) is 2.01. The molecule has 0 atom stereocenters. The summed E-state index contributed by atoms with van der Waals surface area (Å²) in [6.45, 7) is 0. The zero-order valence-electron chi connectivity index (χ0n) is 12.6. The van der Waals surface area contributed by atoms with Crippen molar-refractivity contribution >= 4 is 34.7 Å². The van der Waals surface area contributed by atoms with E-state index in [1.807, 2.05) is 0 Å². The second-order valence-electron chi connectivity index (χ2n) is 5.02. The summed E-state index contributed by atoms with van der Waals surface area (Å²) >= 11 is 5.89. The average Bonchev–Trinajstić information content (AvgIpc) is 2.58. The van der Waals surface area contributed by atoms with Crippen molar-refractivity contribution in [2.75, 3.05) is 10.6 Å². The Morgan fingerprint density at radius 1 is 1.00 bits per heavy atom. The van der Waals surface area contributed by atoms with Crippen LogP contribution in [0.15, 0.2) is 54.6 Å². The predicted octanol–water partition coefficient (Wildman–Crippen LogP) is 4.40. The molecule has 0 aliphatic heterocycles. The quantitative estimate of drug-likeness (QED) is 0.723. The molecule has 0 spiro atoms. The van der Waals surface area contributed by atoms with Crippen molar-refractivity contribution in [1.82, 2.24) is 10.2 Å². The van der Waals surface area contributed by atoms with Gasteiger partial charge in [-0.1, -0.05) is 17.7 Å². The molecule has 0 radical (unpaired) electrons. The monoisotopic (exact) mass is 360 g/mol. The number of nitrogens with zero attached hydrogens (tertiary/aromatic N) is 2. The van der Waals surface area contributed by atoms with Crippen LogP contribution in [0.3, 0.4) is 0 Å². The fraction of sp³-hybridized carbons (Fsp3) is 0. The Balaban J connectivity index is 1.70. The van der Waals surface area contributed by atoms with Crippen molar-refractivity contribution in [3.05, 3.63) is 76.9 Å². The molecule has 0 aliphatic rings. The molecule has 25 heavy (non-hydrogen) atoms. The number of carbonyl (C=O) groups excluding carboxylic acids is 1. The fourth-order valence-corrected chi connectivity index (χ4v) is 2.20. The summed E-state index contributed by atoms with van der Waals surface area (Å²) in [7, 11) is 0. The lowest BCUT2D eigenvalue weighted by Crippen LogP contribution is -2.15. The van der Waals surface area contributed by atoms with Gasteiger partial charge < -0.3 is 10.6 Å². The molecule has 0 unspecified atom stereocenters. The zero-order valence-corrected chi connectivity index (χ0v) is 13.4. The second kappa shape index (κ2) is 7.23. The minimum Gasteiger partial charge on any atom is -0.339 e. The lowest BCUT2D eigenvalue weighted by molar-refractivity contribution is 0.102. The molecule has 8 heteroatoms. The summed E-state index contributed by atoms with van der Waals surface area (Å²) in [6.07, 6.45) is 0. The number of halogens is 3. The lowest BCUT2D eigenvalue weighted by atomic mass is 10.2.